The molecule has 0 fully saturated rings. The van der Waals surface area contributed by atoms with Gasteiger partial charge in [0.05, 0.1) is 12.8 Å². The number of methoxy groups -OCH3 is 1. The summed E-state index contributed by atoms with van der Waals surface area (Å²) >= 11 is 0. The van der Waals surface area contributed by atoms with Crippen molar-refractivity contribution in [1.82, 2.24) is 9.97 Å². The second-order valence-electron chi connectivity index (χ2n) is 6.22. The molecular formula is C21H20N4O2. The number of esters is 1. The molecule has 27 heavy (non-hydrogen) atoms. The molecule has 136 valence electrons. The molecule has 0 saturated carbocycles. The maximum atomic E-state index is 11.6. The Morgan fingerprint density at radius 2 is 2.11 bits per heavy atom. The molecule has 3 N–H and O–H groups in total. The molecule has 0 aliphatic carbocycles. The highest BCUT2D eigenvalue weighted by molar-refractivity contribution is 6.01. The van der Waals surface area contributed by atoms with Crippen LogP contribution >= 0.6 is 0 Å². The molecule has 0 spiro atoms. The van der Waals surface area contributed by atoms with Crippen LogP contribution < -0.4 is 0 Å². The molecule has 0 saturated heterocycles. The minimum atomic E-state index is -0.439. The number of nitrogens with zero attached hydrogens (tertiary/aromatic N) is 1. The molecule has 0 atom stereocenters. The summed E-state index contributed by atoms with van der Waals surface area (Å²) in [6.07, 6.45) is 6.69. The van der Waals surface area contributed by atoms with Gasteiger partial charge in [-0.3, -0.25) is 4.98 Å². The highest BCUT2D eigenvalue weighted by Gasteiger charge is 2.10. The molecule has 1 aromatic carbocycles. The van der Waals surface area contributed by atoms with Crippen LogP contribution in [0.5, 0.6) is 0 Å². The predicted molar refractivity (Wildman–Crippen MR) is 107 cm³/mol. The van der Waals surface area contributed by atoms with E-state index in [1.54, 1.807) is 25.3 Å². The SMILES string of the molecule is COC(=O)/C(C)=C/c1cc(C(=N)Cc2ccc3cc[nH]c3c2)cnc1C=N. The van der Waals surface area contributed by atoms with Crippen LogP contribution in [-0.2, 0) is 16.0 Å². The van der Waals surface area contributed by atoms with Crippen LogP contribution in [0.2, 0.25) is 0 Å². The lowest BCUT2D eigenvalue weighted by Crippen LogP contribution is -2.07. The monoisotopic (exact) mass is 360 g/mol. The number of hydrogen-bond acceptors (Lipinski definition) is 5. The zero-order chi connectivity index (χ0) is 19.4. The summed E-state index contributed by atoms with van der Waals surface area (Å²) < 4.78 is 4.71. The van der Waals surface area contributed by atoms with Gasteiger partial charge in [-0.15, -0.1) is 0 Å². The van der Waals surface area contributed by atoms with Crippen molar-refractivity contribution in [2.45, 2.75) is 13.3 Å². The number of pyridine rings is 1. The Morgan fingerprint density at radius 1 is 1.30 bits per heavy atom. The number of carbonyl (C=O) groups excluding carboxylic acids is 1. The van der Waals surface area contributed by atoms with Crippen LogP contribution in [0.4, 0.5) is 0 Å². The molecule has 0 amide bonds. The Kier molecular flexibility index (Phi) is 5.26. The Morgan fingerprint density at radius 3 is 2.85 bits per heavy atom. The second-order valence-corrected chi connectivity index (χ2v) is 6.22. The zero-order valence-corrected chi connectivity index (χ0v) is 15.2. The Balaban J connectivity index is 1.89. The minimum Gasteiger partial charge on any atom is -0.466 e. The third kappa shape index (κ3) is 4.00. The van der Waals surface area contributed by atoms with Crippen molar-refractivity contribution in [2.75, 3.05) is 7.11 Å². The minimum absolute atomic E-state index is 0.406. The van der Waals surface area contributed by atoms with Crippen molar-refractivity contribution in [1.29, 1.82) is 10.8 Å². The van der Waals surface area contributed by atoms with Crippen LogP contribution in [0.1, 0.15) is 29.3 Å². The fraction of sp³-hybridized carbons (Fsp3) is 0.143. The number of aromatic nitrogens is 2. The van der Waals surface area contributed by atoms with Crippen LogP contribution in [0.3, 0.4) is 0 Å². The molecule has 0 radical (unpaired) electrons. The molecule has 0 aliphatic heterocycles. The number of rotatable bonds is 6. The van der Waals surface area contributed by atoms with Gasteiger partial charge in [0.15, 0.2) is 0 Å². The normalized spacial score (nSPS) is 11.4. The van der Waals surface area contributed by atoms with Gasteiger partial charge in [-0.05, 0) is 42.1 Å². The zero-order valence-electron chi connectivity index (χ0n) is 15.2. The molecule has 6 nitrogen and oxygen atoms in total. The maximum absolute atomic E-state index is 11.6. The first-order valence-electron chi connectivity index (χ1n) is 8.42. The first kappa shape index (κ1) is 18.3. The molecule has 0 unspecified atom stereocenters. The number of nitrogens with one attached hydrogen (secondary N) is 3. The first-order valence-corrected chi connectivity index (χ1v) is 8.42. The number of aromatic amines is 1. The molecule has 3 aromatic rings. The Bertz CT molecular complexity index is 1060. The summed E-state index contributed by atoms with van der Waals surface area (Å²) in [7, 11) is 1.32. The number of carbonyl (C=O) groups is 1. The molecule has 2 heterocycles. The fourth-order valence-corrected chi connectivity index (χ4v) is 2.86. The van der Waals surface area contributed by atoms with Crippen molar-refractivity contribution in [3.8, 4) is 0 Å². The smallest absolute Gasteiger partial charge is 0.333 e. The highest BCUT2D eigenvalue weighted by Crippen LogP contribution is 2.18. The van der Waals surface area contributed by atoms with Gasteiger partial charge < -0.3 is 20.5 Å². The topological polar surface area (TPSA) is 103 Å². The van der Waals surface area contributed by atoms with E-state index in [2.05, 4.69) is 9.97 Å². The molecule has 0 aliphatic rings. The molecule has 2 aromatic heterocycles. The van der Waals surface area contributed by atoms with Crippen molar-refractivity contribution in [3.63, 3.8) is 0 Å². The standard InChI is InChI=1S/C21H20N4O2/c1-13(21(26)27-2)7-16-10-17(12-25-20(16)11-22)18(23)8-14-3-4-15-5-6-24-19(15)9-14/h3-7,9-12,22-24H,8H2,1-2H3/b13-7+,22-11?,23-18?. The molecule has 6 heteroatoms. The van der Waals surface area contributed by atoms with E-state index in [4.69, 9.17) is 15.6 Å². The van der Waals surface area contributed by atoms with Gasteiger partial charge >= 0.3 is 5.97 Å². The van der Waals surface area contributed by atoms with E-state index in [0.717, 1.165) is 22.7 Å². The number of fused-ring (bicyclic) bond motifs is 1. The first-order chi connectivity index (χ1) is 13.0. The van der Waals surface area contributed by atoms with E-state index in [0.29, 0.717) is 34.5 Å². The summed E-state index contributed by atoms with van der Waals surface area (Å²) in [5, 5.41) is 17.1. The van der Waals surface area contributed by atoms with E-state index in [1.807, 2.05) is 30.5 Å². The lowest BCUT2D eigenvalue weighted by Gasteiger charge is -2.08. The van der Waals surface area contributed by atoms with E-state index in [1.165, 1.54) is 7.11 Å². The molecule has 0 bridgehead atoms. The van der Waals surface area contributed by atoms with Crippen LogP contribution in [0.15, 0.2) is 48.3 Å². The summed E-state index contributed by atoms with van der Waals surface area (Å²) in [4.78, 5) is 19.1. The highest BCUT2D eigenvalue weighted by atomic mass is 16.5. The maximum Gasteiger partial charge on any atom is 0.333 e. The van der Waals surface area contributed by atoms with Crippen molar-refractivity contribution in [3.05, 3.63) is 70.7 Å². The van der Waals surface area contributed by atoms with Crippen LogP contribution in [-0.4, -0.2) is 35.0 Å². The number of ether oxygens (including phenoxy) is 1. The van der Waals surface area contributed by atoms with Crippen molar-refractivity contribution >= 4 is 34.9 Å². The molecule has 3 rings (SSSR count). The van der Waals surface area contributed by atoms with Crippen molar-refractivity contribution < 1.29 is 9.53 Å². The van der Waals surface area contributed by atoms with Gasteiger partial charge in [0.25, 0.3) is 0 Å². The van der Waals surface area contributed by atoms with Gasteiger partial charge in [-0.1, -0.05) is 12.1 Å². The van der Waals surface area contributed by atoms with Gasteiger partial charge in [0.1, 0.15) is 0 Å². The van der Waals surface area contributed by atoms with Gasteiger partial charge in [0.2, 0.25) is 0 Å². The lowest BCUT2D eigenvalue weighted by molar-refractivity contribution is -0.135. The number of hydrogen-bond donors (Lipinski definition) is 3. The Hall–Kier alpha value is -3.54. The molecular weight excluding hydrogens is 340 g/mol. The summed E-state index contributed by atoms with van der Waals surface area (Å²) in [6.45, 7) is 1.64. The van der Waals surface area contributed by atoms with Gasteiger partial charge in [-0.25, -0.2) is 4.79 Å². The third-order valence-corrected chi connectivity index (χ3v) is 4.31. The van der Waals surface area contributed by atoms with E-state index >= 15 is 0 Å². The van der Waals surface area contributed by atoms with Gasteiger partial charge in [0, 0.05) is 53.0 Å². The fourth-order valence-electron chi connectivity index (χ4n) is 2.86. The summed E-state index contributed by atoms with van der Waals surface area (Å²) in [5.74, 6) is -0.439. The van der Waals surface area contributed by atoms with Gasteiger partial charge in [-0.2, -0.15) is 0 Å². The quantitative estimate of drug-likeness (QED) is 0.354. The second kappa shape index (κ2) is 7.78. The summed E-state index contributed by atoms with van der Waals surface area (Å²) in [6, 6.07) is 9.85. The predicted octanol–water partition coefficient (Wildman–Crippen LogP) is 3.75. The average Bonchev–Trinajstić information content (AvgIpc) is 3.15. The Labute approximate surface area is 156 Å². The average molecular weight is 360 g/mol. The van der Waals surface area contributed by atoms with Crippen LogP contribution in [0.25, 0.3) is 17.0 Å². The third-order valence-electron chi connectivity index (χ3n) is 4.31. The lowest BCUT2D eigenvalue weighted by atomic mass is 10.00. The van der Waals surface area contributed by atoms with E-state index in [9.17, 15) is 4.79 Å². The van der Waals surface area contributed by atoms with Crippen molar-refractivity contribution in [2.24, 2.45) is 0 Å². The van der Waals surface area contributed by atoms with E-state index in [-0.39, 0.29) is 0 Å². The van der Waals surface area contributed by atoms with Crippen LogP contribution in [0, 0.1) is 10.8 Å². The number of benzene rings is 1. The van der Waals surface area contributed by atoms with E-state index < -0.39 is 5.97 Å². The summed E-state index contributed by atoms with van der Waals surface area (Å²) in [5.41, 5.74) is 4.57. The largest absolute Gasteiger partial charge is 0.466 e. The number of H-pyrrole nitrogens is 1.